The molecule has 0 radical (unpaired) electrons. The van der Waals surface area contributed by atoms with Gasteiger partial charge in [0.05, 0.1) is 24.7 Å². The molecule has 0 fully saturated rings. The Labute approximate surface area is 167 Å². The van der Waals surface area contributed by atoms with Gasteiger partial charge in [-0.15, -0.1) is 0 Å². The zero-order valence-corrected chi connectivity index (χ0v) is 16.3. The van der Waals surface area contributed by atoms with Gasteiger partial charge in [0.15, 0.2) is 11.7 Å². The molecule has 0 bridgehead atoms. The van der Waals surface area contributed by atoms with Gasteiger partial charge in [0.25, 0.3) is 0 Å². The van der Waals surface area contributed by atoms with Crippen molar-refractivity contribution in [3.63, 3.8) is 0 Å². The number of benzene rings is 1. The van der Waals surface area contributed by atoms with E-state index in [0.29, 0.717) is 37.0 Å². The van der Waals surface area contributed by atoms with Crippen LogP contribution in [0.1, 0.15) is 29.5 Å². The third-order valence-electron chi connectivity index (χ3n) is 4.59. The Morgan fingerprint density at radius 3 is 2.90 bits per heavy atom. The van der Waals surface area contributed by atoms with E-state index >= 15 is 0 Å². The van der Waals surface area contributed by atoms with Crippen molar-refractivity contribution in [2.24, 2.45) is 0 Å². The maximum atomic E-state index is 11.8. The van der Waals surface area contributed by atoms with Gasteiger partial charge in [-0.2, -0.15) is 9.78 Å². The number of rotatable bonds is 7. The summed E-state index contributed by atoms with van der Waals surface area (Å²) in [7, 11) is 0. The maximum absolute atomic E-state index is 11.8. The summed E-state index contributed by atoms with van der Waals surface area (Å²) < 4.78 is 12.7. The fourth-order valence-corrected chi connectivity index (χ4v) is 3.03. The van der Waals surface area contributed by atoms with Crippen molar-refractivity contribution in [1.29, 1.82) is 0 Å². The highest BCUT2D eigenvalue weighted by molar-refractivity contribution is 5.58. The monoisotopic (exact) mass is 391 g/mol. The molecule has 1 N–H and O–H groups in total. The van der Waals surface area contributed by atoms with E-state index < -0.39 is 0 Å². The van der Waals surface area contributed by atoms with Crippen LogP contribution in [-0.4, -0.2) is 31.3 Å². The van der Waals surface area contributed by atoms with Crippen LogP contribution >= 0.6 is 0 Å². The minimum atomic E-state index is -0.329. The minimum absolute atomic E-state index is 0.329. The fourth-order valence-electron chi connectivity index (χ4n) is 3.03. The summed E-state index contributed by atoms with van der Waals surface area (Å²) in [5, 5.41) is 3.97. The van der Waals surface area contributed by atoms with Crippen molar-refractivity contribution in [1.82, 2.24) is 24.7 Å². The lowest BCUT2D eigenvalue weighted by Crippen LogP contribution is -2.16. The summed E-state index contributed by atoms with van der Waals surface area (Å²) in [5.41, 5.74) is 4.38. The molecule has 8 nitrogen and oxygen atoms in total. The second-order valence-corrected chi connectivity index (χ2v) is 6.63. The highest BCUT2D eigenvalue weighted by Gasteiger charge is 2.12. The molecule has 4 rings (SSSR count). The summed E-state index contributed by atoms with van der Waals surface area (Å²) in [6.45, 7) is 5.32. The molecule has 8 heteroatoms. The highest BCUT2D eigenvalue weighted by Crippen LogP contribution is 2.23. The van der Waals surface area contributed by atoms with Crippen LogP contribution in [0.25, 0.3) is 17.0 Å². The Bertz CT molecular complexity index is 1170. The third kappa shape index (κ3) is 4.17. The molecule has 0 spiro atoms. The summed E-state index contributed by atoms with van der Waals surface area (Å²) in [4.78, 5) is 22.9. The number of aryl methyl sites for hydroxylation is 1. The molecule has 4 aromatic rings. The molecule has 0 aliphatic rings. The average molecular weight is 391 g/mol. The predicted octanol–water partition coefficient (Wildman–Crippen LogP) is 3.05. The molecule has 3 aromatic heterocycles. The number of oxazole rings is 1. The number of hydrogen-bond donors (Lipinski definition) is 1. The standard InChI is InChI=1S/C21H21N5O3/c1-3-28-12-15-5-4-14(2)16(6-15)8-20-23-11-19(29-20)17-7-18(10-22-9-17)26-21(27)24-13-25-26/h4-7,9-11,13H,3,8,12H2,1-2H3,(H,24,25,27). The first kappa shape index (κ1) is 18.8. The van der Waals surface area contributed by atoms with Crippen molar-refractivity contribution in [2.45, 2.75) is 26.9 Å². The van der Waals surface area contributed by atoms with Gasteiger partial charge in [-0.05, 0) is 36.6 Å². The Hall–Kier alpha value is -3.52. The molecule has 0 unspecified atom stereocenters. The van der Waals surface area contributed by atoms with Crippen molar-refractivity contribution >= 4 is 0 Å². The van der Waals surface area contributed by atoms with Crippen LogP contribution < -0.4 is 5.69 Å². The Kier molecular flexibility index (Phi) is 5.35. The SMILES string of the molecule is CCOCc1ccc(C)c(Cc2ncc(-c3cncc(-n4nc[nH]c4=O)c3)o2)c1. The Balaban J connectivity index is 1.57. The van der Waals surface area contributed by atoms with Crippen molar-refractivity contribution < 1.29 is 9.15 Å². The van der Waals surface area contributed by atoms with Gasteiger partial charge in [-0.1, -0.05) is 18.2 Å². The smallest absolute Gasteiger partial charge is 0.347 e. The van der Waals surface area contributed by atoms with Crippen LogP contribution in [0.3, 0.4) is 0 Å². The predicted molar refractivity (Wildman–Crippen MR) is 107 cm³/mol. The van der Waals surface area contributed by atoms with Crippen LogP contribution in [0.2, 0.25) is 0 Å². The number of pyridine rings is 1. The number of aromatic nitrogens is 5. The van der Waals surface area contributed by atoms with E-state index in [1.807, 2.05) is 6.92 Å². The minimum Gasteiger partial charge on any atom is -0.440 e. The lowest BCUT2D eigenvalue weighted by atomic mass is 10.0. The average Bonchev–Trinajstić information content (AvgIpc) is 3.38. The van der Waals surface area contributed by atoms with Crippen LogP contribution in [0.5, 0.6) is 0 Å². The number of nitrogens with one attached hydrogen (secondary N) is 1. The van der Waals surface area contributed by atoms with E-state index in [9.17, 15) is 4.79 Å². The van der Waals surface area contributed by atoms with Gasteiger partial charge >= 0.3 is 5.69 Å². The van der Waals surface area contributed by atoms with E-state index in [-0.39, 0.29) is 5.69 Å². The van der Waals surface area contributed by atoms with Gasteiger partial charge in [0.1, 0.15) is 6.33 Å². The van der Waals surface area contributed by atoms with E-state index in [2.05, 4.69) is 45.2 Å². The number of H-pyrrole nitrogens is 1. The second kappa shape index (κ2) is 8.24. The molecule has 29 heavy (non-hydrogen) atoms. The van der Waals surface area contributed by atoms with Gasteiger partial charge < -0.3 is 9.15 Å². The van der Waals surface area contributed by atoms with Crippen LogP contribution in [-0.2, 0) is 17.8 Å². The van der Waals surface area contributed by atoms with E-state index in [1.54, 1.807) is 24.7 Å². The molecule has 0 saturated carbocycles. The van der Waals surface area contributed by atoms with Gasteiger partial charge in [0.2, 0.25) is 0 Å². The first-order chi connectivity index (χ1) is 14.1. The summed E-state index contributed by atoms with van der Waals surface area (Å²) in [6.07, 6.45) is 6.82. The molecule has 148 valence electrons. The lowest BCUT2D eigenvalue weighted by Gasteiger charge is -2.07. The molecule has 3 heterocycles. The number of ether oxygens (including phenoxy) is 1. The Morgan fingerprint density at radius 2 is 2.10 bits per heavy atom. The van der Waals surface area contributed by atoms with E-state index in [4.69, 9.17) is 9.15 Å². The van der Waals surface area contributed by atoms with Gasteiger partial charge in [0, 0.05) is 24.8 Å². The van der Waals surface area contributed by atoms with Crippen molar-refractivity contribution in [2.75, 3.05) is 6.61 Å². The molecule has 0 saturated heterocycles. The fraction of sp³-hybridized carbons (Fsp3) is 0.238. The molecular weight excluding hydrogens is 370 g/mol. The highest BCUT2D eigenvalue weighted by atomic mass is 16.5. The maximum Gasteiger partial charge on any atom is 0.347 e. The van der Waals surface area contributed by atoms with Crippen LogP contribution in [0.4, 0.5) is 0 Å². The number of nitrogens with zero attached hydrogens (tertiary/aromatic N) is 4. The van der Waals surface area contributed by atoms with Crippen molar-refractivity contribution in [3.05, 3.63) is 82.2 Å². The quantitative estimate of drug-likeness (QED) is 0.520. The first-order valence-electron chi connectivity index (χ1n) is 9.33. The summed E-state index contributed by atoms with van der Waals surface area (Å²) in [6, 6.07) is 8.07. The summed E-state index contributed by atoms with van der Waals surface area (Å²) in [5.74, 6) is 1.19. The molecular formula is C21H21N5O3. The van der Waals surface area contributed by atoms with Crippen LogP contribution in [0.15, 0.2) is 58.4 Å². The molecule has 0 aliphatic heterocycles. The normalized spacial score (nSPS) is 11.1. The summed E-state index contributed by atoms with van der Waals surface area (Å²) >= 11 is 0. The molecule has 0 aliphatic carbocycles. The first-order valence-corrected chi connectivity index (χ1v) is 9.33. The van der Waals surface area contributed by atoms with Gasteiger partial charge in [-0.25, -0.2) is 9.78 Å². The van der Waals surface area contributed by atoms with E-state index in [1.165, 1.54) is 16.6 Å². The van der Waals surface area contributed by atoms with E-state index in [0.717, 1.165) is 16.7 Å². The van der Waals surface area contributed by atoms with Crippen molar-refractivity contribution in [3.8, 4) is 17.0 Å². The number of hydrogen-bond acceptors (Lipinski definition) is 6. The number of aromatic amines is 1. The Morgan fingerprint density at radius 1 is 1.21 bits per heavy atom. The zero-order chi connectivity index (χ0) is 20.2. The topological polar surface area (TPSA) is 98.8 Å². The van der Waals surface area contributed by atoms with Gasteiger partial charge in [-0.3, -0.25) is 9.97 Å². The largest absolute Gasteiger partial charge is 0.440 e. The van der Waals surface area contributed by atoms with Crippen LogP contribution in [0, 0.1) is 6.92 Å². The molecule has 0 amide bonds. The molecule has 0 atom stereocenters. The lowest BCUT2D eigenvalue weighted by molar-refractivity contribution is 0.134. The second-order valence-electron chi connectivity index (χ2n) is 6.63. The zero-order valence-electron chi connectivity index (χ0n) is 16.3. The molecule has 1 aromatic carbocycles. The third-order valence-corrected chi connectivity index (χ3v) is 4.59.